The van der Waals surface area contributed by atoms with E-state index < -0.39 is 0 Å². The highest BCUT2D eigenvalue weighted by Crippen LogP contribution is 2.66. The molecule has 2 heterocycles. The molecule has 0 saturated heterocycles. The lowest BCUT2D eigenvalue weighted by molar-refractivity contribution is 0.551. The fourth-order valence-electron chi connectivity index (χ4n) is 7.54. The van der Waals surface area contributed by atoms with Crippen LogP contribution in [0.15, 0.2) is 109 Å². The number of hydrogen-bond donors (Lipinski definition) is 0. The first-order chi connectivity index (χ1) is 19.7. The van der Waals surface area contributed by atoms with Gasteiger partial charge in [-0.2, -0.15) is 0 Å². The summed E-state index contributed by atoms with van der Waals surface area (Å²) in [5.74, 6) is 2.43. The number of benzene rings is 4. The molecule has 0 spiro atoms. The number of pyridine rings is 1. The quantitative estimate of drug-likeness (QED) is 0.241. The SMILES string of the molecule is CC12CC3c4ccccc4-c4ccc(c1c43)-c1cncc(-c3nc(-c4ccccc4)nc(-c4ccccc4)n3)c12. The van der Waals surface area contributed by atoms with Crippen LogP contribution in [0.4, 0.5) is 0 Å². The molecule has 40 heavy (non-hydrogen) atoms. The maximum Gasteiger partial charge on any atom is 0.165 e. The maximum absolute atomic E-state index is 5.08. The van der Waals surface area contributed by atoms with Gasteiger partial charge >= 0.3 is 0 Å². The van der Waals surface area contributed by atoms with Crippen LogP contribution in [0, 0.1) is 0 Å². The van der Waals surface area contributed by atoms with Crippen molar-refractivity contribution >= 4 is 0 Å². The molecule has 4 heteroatoms. The highest BCUT2D eigenvalue weighted by atomic mass is 15.0. The maximum atomic E-state index is 5.08. The molecule has 9 rings (SSSR count). The summed E-state index contributed by atoms with van der Waals surface area (Å²) in [6.07, 6.45) is 5.03. The van der Waals surface area contributed by atoms with Crippen LogP contribution >= 0.6 is 0 Å². The molecule has 0 fully saturated rings. The highest BCUT2D eigenvalue weighted by Gasteiger charge is 2.53. The van der Waals surface area contributed by atoms with Gasteiger partial charge in [-0.1, -0.05) is 104 Å². The number of aromatic nitrogens is 4. The third-order valence-corrected chi connectivity index (χ3v) is 9.11. The molecule has 2 unspecified atom stereocenters. The first kappa shape index (κ1) is 21.9. The van der Waals surface area contributed by atoms with Gasteiger partial charge in [-0.3, -0.25) is 4.98 Å². The molecular formula is C36H24N4. The first-order valence-corrected chi connectivity index (χ1v) is 13.8. The zero-order valence-corrected chi connectivity index (χ0v) is 22.0. The summed E-state index contributed by atoms with van der Waals surface area (Å²) in [6.45, 7) is 2.42. The molecule has 0 bridgehead atoms. The number of fused-ring (bicyclic) bond motifs is 6. The lowest BCUT2D eigenvalue weighted by Gasteiger charge is -2.26. The standard InChI is InChI=1S/C36H24N4/c1-36-18-27-24-15-9-8-14-23(24)25-16-17-26(32(36)30(25)27)28-19-37-20-29(31(28)36)35-39-33(21-10-4-2-5-11-21)38-34(40-35)22-12-6-3-7-13-22/h2-17,19-20,27H,18H2,1H3. The van der Waals surface area contributed by atoms with Gasteiger partial charge in [0.15, 0.2) is 17.5 Å². The van der Waals surface area contributed by atoms with E-state index in [9.17, 15) is 0 Å². The van der Waals surface area contributed by atoms with E-state index in [0.717, 1.165) is 23.1 Å². The summed E-state index contributed by atoms with van der Waals surface area (Å²) in [6, 6.07) is 33.9. The van der Waals surface area contributed by atoms with Crippen LogP contribution in [-0.2, 0) is 5.41 Å². The van der Waals surface area contributed by atoms with Gasteiger partial charge in [0, 0.05) is 46.0 Å². The predicted octanol–water partition coefficient (Wildman–Crippen LogP) is 8.07. The van der Waals surface area contributed by atoms with Crippen LogP contribution in [0.3, 0.4) is 0 Å². The van der Waals surface area contributed by atoms with Gasteiger partial charge in [-0.25, -0.2) is 15.0 Å². The van der Waals surface area contributed by atoms with E-state index >= 15 is 0 Å². The van der Waals surface area contributed by atoms with Gasteiger partial charge in [0.05, 0.1) is 0 Å². The van der Waals surface area contributed by atoms with Gasteiger partial charge in [0.25, 0.3) is 0 Å². The minimum atomic E-state index is -0.140. The van der Waals surface area contributed by atoms with Gasteiger partial charge in [-0.05, 0) is 45.4 Å². The lowest BCUT2D eigenvalue weighted by Crippen LogP contribution is -2.19. The smallest absolute Gasteiger partial charge is 0.165 e. The van der Waals surface area contributed by atoms with Crippen molar-refractivity contribution in [3.05, 3.63) is 132 Å². The van der Waals surface area contributed by atoms with Crippen molar-refractivity contribution in [3.8, 4) is 56.4 Å². The molecule has 4 aromatic carbocycles. The lowest BCUT2D eigenvalue weighted by atomic mass is 9.77. The average Bonchev–Trinajstić information content (AvgIpc) is 3.60. The van der Waals surface area contributed by atoms with Gasteiger partial charge in [0.2, 0.25) is 0 Å². The minimum Gasteiger partial charge on any atom is -0.263 e. The molecule has 4 nitrogen and oxygen atoms in total. The molecule has 2 atom stereocenters. The number of rotatable bonds is 3. The zero-order chi connectivity index (χ0) is 26.4. The predicted molar refractivity (Wildman–Crippen MR) is 158 cm³/mol. The summed E-state index contributed by atoms with van der Waals surface area (Å²) in [7, 11) is 0. The van der Waals surface area contributed by atoms with Gasteiger partial charge < -0.3 is 0 Å². The first-order valence-electron chi connectivity index (χ1n) is 13.8. The normalized spacial score (nSPS) is 18.9. The fraction of sp³-hybridized carbons (Fsp3) is 0.111. The monoisotopic (exact) mass is 512 g/mol. The molecule has 3 aliphatic rings. The summed E-state index contributed by atoms with van der Waals surface area (Å²) >= 11 is 0. The van der Waals surface area contributed by atoms with Crippen molar-refractivity contribution < 1.29 is 0 Å². The fourth-order valence-corrected chi connectivity index (χ4v) is 7.54. The number of hydrogen-bond acceptors (Lipinski definition) is 4. The molecule has 0 amide bonds. The average molecular weight is 513 g/mol. The Bertz CT molecular complexity index is 1940. The molecule has 0 aliphatic heterocycles. The summed E-state index contributed by atoms with van der Waals surface area (Å²) in [5, 5.41) is 0. The topological polar surface area (TPSA) is 51.6 Å². The second-order valence-corrected chi connectivity index (χ2v) is 11.3. The van der Waals surface area contributed by atoms with Crippen LogP contribution in [0.25, 0.3) is 56.4 Å². The Morgan fingerprint density at radius 2 is 1.15 bits per heavy atom. The third kappa shape index (κ3) is 2.80. The Kier molecular flexibility index (Phi) is 4.27. The largest absolute Gasteiger partial charge is 0.263 e. The van der Waals surface area contributed by atoms with E-state index in [2.05, 4.69) is 67.6 Å². The van der Waals surface area contributed by atoms with Crippen molar-refractivity contribution in [1.82, 2.24) is 19.9 Å². The van der Waals surface area contributed by atoms with Crippen LogP contribution in [0.2, 0.25) is 0 Å². The molecule has 2 aromatic heterocycles. The highest BCUT2D eigenvalue weighted by molar-refractivity contribution is 5.94. The second kappa shape index (κ2) is 7.80. The van der Waals surface area contributed by atoms with E-state index in [1.54, 1.807) is 0 Å². The molecule has 6 aromatic rings. The second-order valence-electron chi connectivity index (χ2n) is 11.3. The third-order valence-electron chi connectivity index (χ3n) is 9.11. The van der Waals surface area contributed by atoms with Crippen LogP contribution in [0.1, 0.15) is 41.5 Å². The molecule has 0 N–H and O–H groups in total. The van der Waals surface area contributed by atoms with Gasteiger partial charge in [0.1, 0.15) is 0 Å². The van der Waals surface area contributed by atoms with E-state index in [1.165, 1.54) is 44.5 Å². The minimum absolute atomic E-state index is 0.140. The Labute approximate surface area is 232 Å². The van der Waals surface area contributed by atoms with Crippen molar-refractivity contribution in [1.29, 1.82) is 0 Å². The Morgan fingerprint density at radius 1 is 0.550 bits per heavy atom. The van der Waals surface area contributed by atoms with Gasteiger partial charge in [-0.15, -0.1) is 0 Å². The van der Waals surface area contributed by atoms with Crippen LogP contribution in [-0.4, -0.2) is 19.9 Å². The summed E-state index contributed by atoms with van der Waals surface area (Å²) in [4.78, 5) is 19.8. The molecular weight excluding hydrogens is 488 g/mol. The molecule has 3 aliphatic carbocycles. The molecule has 188 valence electrons. The van der Waals surface area contributed by atoms with Crippen LogP contribution < -0.4 is 0 Å². The van der Waals surface area contributed by atoms with Crippen molar-refractivity contribution in [2.75, 3.05) is 0 Å². The van der Waals surface area contributed by atoms with E-state index in [-0.39, 0.29) is 5.41 Å². The van der Waals surface area contributed by atoms with Crippen LogP contribution in [0.5, 0.6) is 0 Å². The molecule has 0 radical (unpaired) electrons. The Balaban J connectivity index is 1.29. The molecule has 0 saturated carbocycles. The van der Waals surface area contributed by atoms with Crippen molar-refractivity contribution in [2.24, 2.45) is 0 Å². The Hall–Kier alpha value is -4.96. The van der Waals surface area contributed by atoms with Crippen molar-refractivity contribution in [2.45, 2.75) is 24.7 Å². The summed E-state index contributed by atoms with van der Waals surface area (Å²) in [5.41, 5.74) is 13.8. The van der Waals surface area contributed by atoms with E-state index in [1.807, 2.05) is 48.8 Å². The number of nitrogens with zero attached hydrogens (tertiary/aromatic N) is 4. The Morgan fingerprint density at radius 3 is 1.88 bits per heavy atom. The van der Waals surface area contributed by atoms with E-state index in [4.69, 9.17) is 19.9 Å². The zero-order valence-electron chi connectivity index (χ0n) is 22.0. The van der Waals surface area contributed by atoms with Crippen molar-refractivity contribution in [3.63, 3.8) is 0 Å². The van der Waals surface area contributed by atoms with E-state index in [0.29, 0.717) is 23.4 Å². The summed E-state index contributed by atoms with van der Waals surface area (Å²) < 4.78 is 0.